The maximum Gasteiger partial charge on any atom is 0.257 e. The van der Waals surface area contributed by atoms with Gasteiger partial charge in [-0.1, -0.05) is 6.42 Å². The molecule has 1 spiro atoms. The lowest BCUT2D eigenvalue weighted by atomic mass is 9.50. The largest absolute Gasteiger partial charge is 0.327 e. The Balaban J connectivity index is 1.56. The Hall–Kier alpha value is -0.920. The predicted molar refractivity (Wildman–Crippen MR) is 78.1 cm³/mol. The summed E-state index contributed by atoms with van der Waals surface area (Å²) in [6.45, 7) is 0. The first kappa shape index (κ1) is 13.7. The fourth-order valence-electron chi connectivity index (χ4n) is 3.96. The summed E-state index contributed by atoms with van der Waals surface area (Å²) in [6, 6.07) is 1.99. The summed E-state index contributed by atoms with van der Waals surface area (Å²) in [7, 11) is -3.50. The molecule has 21 heavy (non-hydrogen) atoms. The highest BCUT2D eigenvalue weighted by Crippen LogP contribution is 2.55. The Bertz CT molecular complexity index is 646. The zero-order chi connectivity index (χ0) is 14.7. The van der Waals surface area contributed by atoms with Gasteiger partial charge in [-0.25, -0.2) is 17.8 Å². The average molecular weight is 310 g/mol. The second-order valence-electron chi connectivity index (χ2n) is 6.80. The van der Waals surface area contributed by atoms with Gasteiger partial charge in [-0.2, -0.15) is 5.10 Å². The number of rotatable bonds is 4. The normalized spacial score (nSPS) is 31.5. The molecule has 3 N–H and O–H groups in total. The summed E-state index contributed by atoms with van der Waals surface area (Å²) in [5, 5.41) is 4.52. The van der Waals surface area contributed by atoms with Gasteiger partial charge in [-0.05, 0) is 44.6 Å². The van der Waals surface area contributed by atoms with Gasteiger partial charge < -0.3 is 5.73 Å². The lowest BCUT2D eigenvalue weighted by Crippen LogP contribution is -2.69. The van der Waals surface area contributed by atoms with Gasteiger partial charge in [0.25, 0.3) is 10.0 Å². The van der Waals surface area contributed by atoms with Gasteiger partial charge in [0, 0.05) is 17.5 Å². The number of hydrogen-bond donors (Lipinski definition) is 2. The van der Waals surface area contributed by atoms with Crippen molar-refractivity contribution in [2.45, 2.75) is 68.1 Å². The van der Waals surface area contributed by atoms with E-state index in [-0.39, 0.29) is 23.5 Å². The number of hydrogen-bond acceptors (Lipinski definition) is 4. The third kappa shape index (κ3) is 1.90. The van der Waals surface area contributed by atoms with E-state index in [1.807, 2.05) is 0 Å². The van der Waals surface area contributed by atoms with E-state index in [0.717, 1.165) is 44.9 Å². The fraction of sp³-hybridized carbons (Fsp3) is 0.786. The van der Waals surface area contributed by atoms with Crippen LogP contribution < -0.4 is 10.5 Å². The fourth-order valence-corrected chi connectivity index (χ4v) is 5.47. The predicted octanol–water partition coefficient (Wildman–Crippen LogP) is 1.16. The Morgan fingerprint density at radius 3 is 2.62 bits per heavy atom. The molecule has 3 fully saturated rings. The van der Waals surface area contributed by atoms with E-state index in [0.29, 0.717) is 5.03 Å². The second-order valence-corrected chi connectivity index (χ2v) is 8.46. The first-order valence-electron chi connectivity index (χ1n) is 7.84. The Kier molecular flexibility index (Phi) is 2.96. The summed E-state index contributed by atoms with van der Waals surface area (Å²) >= 11 is 0. The molecule has 0 bridgehead atoms. The van der Waals surface area contributed by atoms with Crippen LogP contribution in [0.25, 0.3) is 0 Å². The van der Waals surface area contributed by atoms with E-state index in [4.69, 9.17) is 5.73 Å². The van der Waals surface area contributed by atoms with Crippen LogP contribution in [0.4, 0.5) is 0 Å². The SMILES string of the molecule is NC1CC(NS(=O)(=O)c2ccnn2C2CCC2)C12CCC2. The van der Waals surface area contributed by atoms with Gasteiger partial charge in [-0.3, -0.25) is 0 Å². The lowest BCUT2D eigenvalue weighted by molar-refractivity contribution is -0.0322. The van der Waals surface area contributed by atoms with Crippen molar-refractivity contribution in [2.75, 3.05) is 0 Å². The quantitative estimate of drug-likeness (QED) is 0.873. The maximum absolute atomic E-state index is 12.7. The highest BCUT2D eigenvalue weighted by molar-refractivity contribution is 7.89. The molecule has 6 nitrogen and oxygen atoms in total. The summed E-state index contributed by atoms with van der Waals surface area (Å²) in [5.74, 6) is 0. The van der Waals surface area contributed by atoms with Crippen LogP contribution in [0, 0.1) is 5.41 Å². The Labute approximate surface area is 125 Å². The topological polar surface area (TPSA) is 90.0 Å². The summed E-state index contributed by atoms with van der Waals surface area (Å²) < 4.78 is 29.9. The number of nitrogens with one attached hydrogen (secondary N) is 1. The minimum Gasteiger partial charge on any atom is -0.327 e. The van der Waals surface area contributed by atoms with Crippen molar-refractivity contribution in [1.29, 1.82) is 0 Å². The van der Waals surface area contributed by atoms with Crippen molar-refractivity contribution in [3.63, 3.8) is 0 Å². The van der Waals surface area contributed by atoms with Crippen LogP contribution in [0.15, 0.2) is 17.3 Å². The van der Waals surface area contributed by atoms with Crippen LogP contribution in [0.1, 0.15) is 51.0 Å². The molecule has 1 heterocycles. The van der Waals surface area contributed by atoms with Gasteiger partial charge in [0.15, 0.2) is 5.03 Å². The highest BCUT2D eigenvalue weighted by atomic mass is 32.2. The molecule has 116 valence electrons. The molecule has 3 aliphatic carbocycles. The number of sulfonamides is 1. The minimum absolute atomic E-state index is 0.00371. The number of aromatic nitrogens is 2. The zero-order valence-corrected chi connectivity index (χ0v) is 12.8. The molecule has 3 aliphatic rings. The van der Waals surface area contributed by atoms with Crippen LogP contribution >= 0.6 is 0 Å². The molecule has 0 aliphatic heterocycles. The molecule has 0 aromatic carbocycles. The molecule has 0 saturated heterocycles. The molecule has 2 unspecified atom stereocenters. The number of nitrogens with two attached hydrogens (primary N) is 1. The summed E-state index contributed by atoms with van der Waals surface area (Å²) in [6.07, 6.45) is 8.76. The van der Waals surface area contributed by atoms with Gasteiger partial charge >= 0.3 is 0 Å². The van der Waals surface area contributed by atoms with Gasteiger partial charge in [0.05, 0.1) is 12.2 Å². The maximum atomic E-state index is 12.7. The van der Waals surface area contributed by atoms with E-state index in [1.165, 1.54) is 0 Å². The Morgan fingerprint density at radius 1 is 1.33 bits per heavy atom. The van der Waals surface area contributed by atoms with Crippen LogP contribution in [0.3, 0.4) is 0 Å². The smallest absolute Gasteiger partial charge is 0.257 e. The van der Waals surface area contributed by atoms with Crippen molar-refractivity contribution in [3.8, 4) is 0 Å². The van der Waals surface area contributed by atoms with E-state index in [2.05, 4.69) is 9.82 Å². The van der Waals surface area contributed by atoms with Crippen LogP contribution in [0.5, 0.6) is 0 Å². The second kappa shape index (κ2) is 4.54. The molecule has 0 amide bonds. The zero-order valence-electron chi connectivity index (χ0n) is 12.0. The molecule has 2 atom stereocenters. The van der Waals surface area contributed by atoms with Crippen LogP contribution in [0.2, 0.25) is 0 Å². The Morgan fingerprint density at radius 2 is 2.10 bits per heavy atom. The van der Waals surface area contributed by atoms with E-state index < -0.39 is 10.0 Å². The third-order valence-electron chi connectivity index (χ3n) is 5.83. The van der Waals surface area contributed by atoms with Gasteiger partial charge in [-0.15, -0.1) is 0 Å². The third-order valence-corrected chi connectivity index (χ3v) is 7.30. The first-order valence-corrected chi connectivity index (χ1v) is 9.33. The first-order chi connectivity index (χ1) is 10.0. The van der Waals surface area contributed by atoms with Crippen LogP contribution in [-0.4, -0.2) is 30.3 Å². The molecule has 1 aromatic heterocycles. The number of nitrogens with zero attached hydrogens (tertiary/aromatic N) is 2. The summed E-state index contributed by atoms with van der Waals surface area (Å²) in [4.78, 5) is 0. The van der Waals surface area contributed by atoms with Crippen molar-refractivity contribution < 1.29 is 8.42 Å². The lowest BCUT2D eigenvalue weighted by Gasteiger charge is -2.60. The van der Waals surface area contributed by atoms with E-state index >= 15 is 0 Å². The molecular formula is C14H22N4O2S. The minimum atomic E-state index is -3.50. The van der Waals surface area contributed by atoms with Gasteiger partial charge in [0.1, 0.15) is 0 Å². The van der Waals surface area contributed by atoms with E-state index in [9.17, 15) is 8.42 Å². The van der Waals surface area contributed by atoms with E-state index in [1.54, 1.807) is 16.9 Å². The summed E-state index contributed by atoms with van der Waals surface area (Å²) in [5.41, 5.74) is 6.13. The monoisotopic (exact) mass is 310 g/mol. The molecule has 7 heteroatoms. The molecule has 0 radical (unpaired) electrons. The molecular weight excluding hydrogens is 288 g/mol. The molecule has 4 rings (SSSR count). The van der Waals surface area contributed by atoms with Crippen molar-refractivity contribution in [2.24, 2.45) is 11.1 Å². The van der Waals surface area contributed by atoms with Gasteiger partial charge in [0.2, 0.25) is 0 Å². The molecule has 3 saturated carbocycles. The van der Waals surface area contributed by atoms with Crippen molar-refractivity contribution in [3.05, 3.63) is 12.3 Å². The standard InChI is InChI=1S/C14H22N4O2S/c15-11-9-12(14(11)6-2-7-14)17-21(19,20)13-5-8-16-18(13)10-3-1-4-10/h5,8,10-12,17H,1-4,6-7,9,15H2. The van der Waals surface area contributed by atoms with Crippen LogP contribution in [-0.2, 0) is 10.0 Å². The van der Waals surface area contributed by atoms with Crippen molar-refractivity contribution in [1.82, 2.24) is 14.5 Å². The van der Waals surface area contributed by atoms with Crippen molar-refractivity contribution >= 4 is 10.0 Å². The average Bonchev–Trinajstić information content (AvgIpc) is 2.72. The highest BCUT2D eigenvalue weighted by Gasteiger charge is 2.57. The molecule has 1 aromatic rings.